The molecule has 9 nitrogen and oxygen atoms in total. The summed E-state index contributed by atoms with van der Waals surface area (Å²) in [5, 5.41) is 17.5. The number of imidazole rings is 1. The van der Waals surface area contributed by atoms with Crippen molar-refractivity contribution >= 4 is 23.1 Å². The van der Waals surface area contributed by atoms with Gasteiger partial charge in [0, 0.05) is 48.1 Å². The third kappa shape index (κ3) is 5.47. The summed E-state index contributed by atoms with van der Waals surface area (Å²) < 4.78 is 1.88. The Bertz CT molecular complexity index is 1390. The van der Waals surface area contributed by atoms with E-state index < -0.39 is 4.92 Å². The second-order valence-electron chi connectivity index (χ2n) is 9.34. The van der Waals surface area contributed by atoms with Gasteiger partial charge in [0.15, 0.2) is 0 Å². The molecule has 4 N–H and O–H groups in total. The number of nitro benzene ring substituents is 1. The maximum Gasteiger partial charge on any atom is 0.269 e. The fourth-order valence-corrected chi connectivity index (χ4v) is 3.75. The van der Waals surface area contributed by atoms with E-state index in [9.17, 15) is 14.9 Å². The second kappa shape index (κ2) is 9.55. The van der Waals surface area contributed by atoms with Crippen LogP contribution in [-0.4, -0.2) is 25.8 Å². The number of carbonyl (C=O) groups excluding carboxylic acids is 1. The van der Waals surface area contributed by atoms with E-state index in [0.29, 0.717) is 30.0 Å². The molecule has 4 aromatic rings. The number of nitrogens with one attached hydrogen (secondary N) is 2. The Morgan fingerprint density at radius 1 is 1.09 bits per heavy atom. The lowest BCUT2D eigenvalue weighted by molar-refractivity contribution is -0.384. The van der Waals surface area contributed by atoms with Crippen molar-refractivity contribution in [1.82, 2.24) is 14.7 Å². The molecule has 2 aromatic heterocycles. The Morgan fingerprint density at radius 3 is 2.46 bits per heavy atom. The van der Waals surface area contributed by atoms with E-state index in [2.05, 4.69) is 10.6 Å². The van der Waals surface area contributed by atoms with Gasteiger partial charge in [-0.1, -0.05) is 24.3 Å². The molecule has 0 bridgehead atoms. The topological polar surface area (TPSA) is 128 Å². The fourth-order valence-electron chi connectivity index (χ4n) is 3.75. The maximum absolute atomic E-state index is 12.9. The van der Waals surface area contributed by atoms with Crippen molar-refractivity contribution in [1.29, 1.82) is 0 Å². The number of anilines is 1. The number of benzene rings is 2. The number of nitro groups is 1. The summed E-state index contributed by atoms with van der Waals surface area (Å²) in [6, 6.07) is 17.5. The Labute approximate surface area is 203 Å². The van der Waals surface area contributed by atoms with Gasteiger partial charge in [0.05, 0.1) is 4.92 Å². The van der Waals surface area contributed by atoms with Crippen LogP contribution in [0.25, 0.3) is 16.9 Å². The number of non-ortho nitro benzene ring substituents is 1. The molecule has 0 spiro atoms. The minimum Gasteiger partial charge on any atom is -0.365 e. The van der Waals surface area contributed by atoms with Crippen LogP contribution in [0.1, 0.15) is 42.3 Å². The van der Waals surface area contributed by atoms with Crippen LogP contribution < -0.4 is 16.4 Å². The molecular formula is C26H28N6O3. The van der Waals surface area contributed by atoms with E-state index in [1.165, 1.54) is 12.1 Å². The molecule has 0 aliphatic heterocycles. The molecule has 2 heterocycles. The van der Waals surface area contributed by atoms with Gasteiger partial charge in [-0.25, -0.2) is 4.98 Å². The van der Waals surface area contributed by atoms with Crippen LogP contribution in [0.3, 0.4) is 0 Å². The van der Waals surface area contributed by atoms with Crippen molar-refractivity contribution in [2.24, 2.45) is 5.73 Å². The molecular weight excluding hydrogens is 444 g/mol. The zero-order valence-corrected chi connectivity index (χ0v) is 19.9. The number of fused-ring (bicyclic) bond motifs is 1. The Balaban J connectivity index is 1.66. The van der Waals surface area contributed by atoms with E-state index in [4.69, 9.17) is 10.7 Å². The highest BCUT2D eigenvalue weighted by molar-refractivity contribution is 5.95. The average molecular weight is 473 g/mol. The Kier molecular flexibility index (Phi) is 6.52. The molecule has 0 saturated carbocycles. The minimum absolute atomic E-state index is 0.0128. The van der Waals surface area contributed by atoms with Crippen molar-refractivity contribution in [3.8, 4) is 11.3 Å². The quantitative estimate of drug-likeness (QED) is 0.268. The molecule has 9 heteroatoms. The number of nitrogens with zero attached hydrogens (tertiary/aromatic N) is 3. The van der Waals surface area contributed by atoms with Crippen molar-refractivity contribution < 1.29 is 9.72 Å². The van der Waals surface area contributed by atoms with Gasteiger partial charge in [0.2, 0.25) is 0 Å². The van der Waals surface area contributed by atoms with Gasteiger partial charge in [-0.3, -0.25) is 19.3 Å². The van der Waals surface area contributed by atoms with Crippen LogP contribution >= 0.6 is 0 Å². The molecule has 4 rings (SSSR count). The number of carbonyl (C=O) groups is 1. The molecule has 2 aromatic carbocycles. The lowest BCUT2D eigenvalue weighted by atomic mass is 10.1. The van der Waals surface area contributed by atoms with E-state index in [-0.39, 0.29) is 17.1 Å². The van der Waals surface area contributed by atoms with Gasteiger partial charge in [0.1, 0.15) is 17.2 Å². The summed E-state index contributed by atoms with van der Waals surface area (Å²) in [5.74, 6) is 0.530. The van der Waals surface area contributed by atoms with E-state index >= 15 is 0 Å². The van der Waals surface area contributed by atoms with Crippen molar-refractivity contribution in [3.63, 3.8) is 0 Å². The summed E-state index contributed by atoms with van der Waals surface area (Å²) in [7, 11) is 0. The van der Waals surface area contributed by atoms with Gasteiger partial charge in [-0.15, -0.1) is 0 Å². The van der Waals surface area contributed by atoms with E-state index in [0.717, 1.165) is 22.5 Å². The lowest BCUT2D eigenvalue weighted by Gasteiger charge is -2.22. The molecule has 0 atom stereocenters. The lowest BCUT2D eigenvalue weighted by Crippen LogP contribution is -2.27. The number of aromatic nitrogens is 2. The number of pyridine rings is 1. The number of rotatable bonds is 7. The molecule has 0 saturated heterocycles. The van der Waals surface area contributed by atoms with Crippen LogP contribution in [0, 0.1) is 10.1 Å². The minimum atomic E-state index is -0.432. The van der Waals surface area contributed by atoms with Crippen LogP contribution in [-0.2, 0) is 13.1 Å². The highest BCUT2D eigenvalue weighted by Gasteiger charge is 2.21. The highest BCUT2D eigenvalue weighted by Crippen LogP contribution is 2.32. The van der Waals surface area contributed by atoms with Gasteiger partial charge in [-0.2, -0.15) is 0 Å². The average Bonchev–Trinajstić information content (AvgIpc) is 3.18. The predicted molar refractivity (Wildman–Crippen MR) is 136 cm³/mol. The van der Waals surface area contributed by atoms with Crippen LogP contribution in [0.4, 0.5) is 11.5 Å². The monoisotopic (exact) mass is 472 g/mol. The van der Waals surface area contributed by atoms with Crippen molar-refractivity contribution in [3.05, 3.63) is 93.7 Å². The molecule has 35 heavy (non-hydrogen) atoms. The Hall–Kier alpha value is -4.24. The second-order valence-corrected chi connectivity index (χ2v) is 9.34. The largest absolute Gasteiger partial charge is 0.365 e. The summed E-state index contributed by atoms with van der Waals surface area (Å²) >= 11 is 0. The number of hydrogen-bond acceptors (Lipinski definition) is 6. The zero-order valence-electron chi connectivity index (χ0n) is 19.9. The Morgan fingerprint density at radius 2 is 1.80 bits per heavy atom. The molecule has 0 aliphatic carbocycles. The standard InChI is InChI=1S/C26H28N6O3/c1-26(2,3)30-24-23(19-7-9-21(10-8-19)32(34)35)29-22-14-20(11-12-31(22)24)25(33)28-16-18-6-4-5-17(13-18)15-27/h4-14,30H,15-16,27H2,1-3H3,(H,28,33). The first-order valence-electron chi connectivity index (χ1n) is 11.3. The van der Waals surface area contributed by atoms with Crippen molar-refractivity contribution in [2.75, 3.05) is 5.32 Å². The molecule has 0 aliphatic rings. The first kappa shape index (κ1) is 23.9. The van der Waals surface area contributed by atoms with Crippen LogP contribution in [0.15, 0.2) is 66.9 Å². The summed E-state index contributed by atoms with van der Waals surface area (Å²) in [5.41, 5.74) is 9.88. The SMILES string of the molecule is CC(C)(C)Nc1c(-c2ccc([N+](=O)[O-])cc2)nc2cc(C(=O)NCc3cccc(CN)c3)ccn12. The molecule has 0 radical (unpaired) electrons. The molecule has 0 unspecified atom stereocenters. The maximum atomic E-state index is 12.9. The third-order valence-corrected chi connectivity index (χ3v) is 5.41. The number of amides is 1. The summed E-state index contributed by atoms with van der Waals surface area (Å²) in [6.45, 7) is 6.94. The molecule has 1 amide bonds. The van der Waals surface area contributed by atoms with Gasteiger partial charge < -0.3 is 16.4 Å². The fraction of sp³-hybridized carbons (Fsp3) is 0.231. The predicted octanol–water partition coefficient (Wildman–Crippen LogP) is 4.51. The van der Waals surface area contributed by atoms with Crippen LogP contribution in [0.5, 0.6) is 0 Å². The highest BCUT2D eigenvalue weighted by atomic mass is 16.6. The van der Waals surface area contributed by atoms with Gasteiger partial charge in [-0.05, 0) is 56.2 Å². The summed E-state index contributed by atoms with van der Waals surface area (Å²) in [6.07, 6.45) is 1.80. The van der Waals surface area contributed by atoms with Crippen molar-refractivity contribution in [2.45, 2.75) is 39.4 Å². The number of nitrogens with two attached hydrogens (primary N) is 1. The number of hydrogen-bond donors (Lipinski definition) is 3. The summed E-state index contributed by atoms with van der Waals surface area (Å²) in [4.78, 5) is 28.2. The molecule has 180 valence electrons. The van der Waals surface area contributed by atoms with Gasteiger partial charge in [0.25, 0.3) is 11.6 Å². The first-order valence-corrected chi connectivity index (χ1v) is 11.3. The zero-order chi connectivity index (χ0) is 25.2. The van der Waals surface area contributed by atoms with E-state index in [1.54, 1.807) is 30.5 Å². The van der Waals surface area contributed by atoms with E-state index in [1.807, 2.05) is 49.4 Å². The normalized spacial score (nSPS) is 11.4. The third-order valence-electron chi connectivity index (χ3n) is 5.41. The first-order chi connectivity index (χ1) is 16.6. The molecule has 0 fully saturated rings. The van der Waals surface area contributed by atoms with Crippen LogP contribution in [0.2, 0.25) is 0 Å². The van der Waals surface area contributed by atoms with Gasteiger partial charge >= 0.3 is 0 Å². The smallest absolute Gasteiger partial charge is 0.269 e.